The van der Waals surface area contributed by atoms with Gasteiger partial charge in [-0.2, -0.15) is 10.2 Å². The van der Waals surface area contributed by atoms with Gasteiger partial charge in [0.2, 0.25) is 11.7 Å². The summed E-state index contributed by atoms with van der Waals surface area (Å²) in [5.41, 5.74) is 0.959. The molecule has 0 saturated carbocycles. The Hall–Kier alpha value is -2.09. The van der Waals surface area contributed by atoms with Gasteiger partial charge in [0.25, 0.3) is 0 Å². The molecule has 16 heavy (non-hydrogen) atoms. The van der Waals surface area contributed by atoms with Crippen molar-refractivity contribution in [3.63, 3.8) is 0 Å². The molecule has 2 aromatic heterocycles. The smallest absolute Gasteiger partial charge is 0.238 e. The topological polar surface area (TPSA) is 75.8 Å². The Bertz CT molecular complexity index is 521. The summed E-state index contributed by atoms with van der Waals surface area (Å²) in [6.07, 6.45) is 2.04. The van der Waals surface area contributed by atoms with Crippen molar-refractivity contribution in [1.82, 2.24) is 10.1 Å². The lowest BCUT2D eigenvalue weighted by atomic mass is 10.1. The minimum Gasteiger partial charge on any atom is -0.461 e. The molecule has 0 bridgehead atoms. The van der Waals surface area contributed by atoms with Gasteiger partial charge in [-0.25, -0.2) is 0 Å². The highest BCUT2D eigenvalue weighted by molar-refractivity contribution is 5.50. The van der Waals surface area contributed by atoms with Crippen molar-refractivity contribution in [2.75, 3.05) is 0 Å². The fourth-order valence-electron chi connectivity index (χ4n) is 1.34. The van der Waals surface area contributed by atoms with Crippen molar-refractivity contribution < 1.29 is 8.94 Å². The van der Waals surface area contributed by atoms with Gasteiger partial charge in [0.15, 0.2) is 5.76 Å². The number of nitrogens with zero attached hydrogens (tertiary/aromatic N) is 3. The fraction of sp³-hybridized carbons (Fsp3) is 0.364. The van der Waals surface area contributed by atoms with Crippen molar-refractivity contribution in [2.45, 2.75) is 20.3 Å². The van der Waals surface area contributed by atoms with Crippen LogP contribution in [0.3, 0.4) is 0 Å². The van der Waals surface area contributed by atoms with Crippen LogP contribution in [0.5, 0.6) is 0 Å². The van der Waals surface area contributed by atoms with Crippen molar-refractivity contribution in [3.8, 4) is 17.7 Å². The maximum atomic E-state index is 8.67. The molecule has 0 amide bonds. The van der Waals surface area contributed by atoms with E-state index in [9.17, 15) is 0 Å². The summed E-state index contributed by atoms with van der Waals surface area (Å²) in [6.45, 7) is 3.72. The van der Waals surface area contributed by atoms with E-state index in [2.05, 4.69) is 16.2 Å². The first-order valence-corrected chi connectivity index (χ1v) is 4.97. The lowest BCUT2D eigenvalue weighted by Crippen LogP contribution is -1.96. The molecule has 2 rings (SSSR count). The first kappa shape index (κ1) is 10.4. The number of hydrogen-bond donors (Lipinski definition) is 0. The normalized spacial score (nSPS) is 12.3. The molecule has 0 saturated heterocycles. The predicted octanol–water partition coefficient (Wildman–Crippen LogP) is 2.34. The lowest BCUT2D eigenvalue weighted by Gasteiger charge is -1.93. The van der Waals surface area contributed by atoms with Crippen LogP contribution in [-0.2, 0) is 6.42 Å². The predicted molar refractivity (Wildman–Crippen MR) is 55.2 cm³/mol. The van der Waals surface area contributed by atoms with E-state index in [1.165, 1.54) is 0 Å². The molecule has 0 fully saturated rings. The third-order valence-corrected chi connectivity index (χ3v) is 2.23. The molecule has 5 heteroatoms. The molecular weight excluding hydrogens is 206 g/mol. The summed E-state index contributed by atoms with van der Waals surface area (Å²) < 4.78 is 10.3. The number of nitriles is 1. The van der Waals surface area contributed by atoms with Gasteiger partial charge in [-0.1, -0.05) is 5.16 Å². The van der Waals surface area contributed by atoms with Crippen LogP contribution < -0.4 is 0 Å². The van der Waals surface area contributed by atoms with Crippen LogP contribution in [0.25, 0.3) is 11.6 Å². The summed E-state index contributed by atoms with van der Waals surface area (Å²) in [6, 6.07) is 3.95. The number of furan rings is 1. The monoisotopic (exact) mass is 217 g/mol. The van der Waals surface area contributed by atoms with E-state index in [0.717, 1.165) is 5.56 Å². The van der Waals surface area contributed by atoms with Gasteiger partial charge < -0.3 is 8.94 Å². The number of rotatable bonds is 3. The maximum Gasteiger partial charge on any atom is 0.238 e. The Balaban J connectivity index is 2.21. The molecule has 0 radical (unpaired) electrons. The molecule has 1 atom stereocenters. The number of aromatic nitrogens is 2. The van der Waals surface area contributed by atoms with Crippen molar-refractivity contribution in [1.29, 1.82) is 5.26 Å². The summed E-state index contributed by atoms with van der Waals surface area (Å²) in [7, 11) is 0. The van der Waals surface area contributed by atoms with E-state index in [1.54, 1.807) is 6.26 Å². The molecule has 0 aliphatic heterocycles. The van der Waals surface area contributed by atoms with Gasteiger partial charge in [0.05, 0.1) is 18.3 Å². The molecular formula is C11H11N3O2. The van der Waals surface area contributed by atoms with Gasteiger partial charge in [-0.3, -0.25) is 0 Å². The SMILES string of the molecule is Cc1ccoc1-c1noc(CC(C)C#N)n1. The first-order valence-electron chi connectivity index (χ1n) is 4.97. The van der Waals surface area contributed by atoms with Crippen LogP contribution in [0.2, 0.25) is 0 Å². The van der Waals surface area contributed by atoms with E-state index in [1.807, 2.05) is 19.9 Å². The van der Waals surface area contributed by atoms with Gasteiger partial charge in [-0.05, 0) is 25.5 Å². The molecule has 0 aliphatic rings. The maximum absolute atomic E-state index is 8.67. The van der Waals surface area contributed by atoms with Gasteiger partial charge in [-0.15, -0.1) is 0 Å². The van der Waals surface area contributed by atoms with Crippen LogP contribution in [0.15, 0.2) is 21.3 Å². The Kier molecular flexibility index (Phi) is 2.73. The van der Waals surface area contributed by atoms with Crippen molar-refractivity contribution in [3.05, 3.63) is 23.8 Å². The Labute approximate surface area is 92.7 Å². The quantitative estimate of drug-likeness (QED) is 0.788. The highest BCUT2D eigenvalue weighted by Gasteiger charge is 2.15. The van der Waals surface area contributed by atoms with Crippen LogP contribution >= 0.6 is 0 Å². The highest BCUT2D eigenvalue weighted by atomic mass is 16.5. The molecule has 0 spiro atoms. The summed E-state index contributed by atoms with van der Waals surface area (Å²) in [5.74, 6) is 1.37. The van der Waals surface area contributed by atoms with E-state index < -0.39 is 0 Å². The van der Waals surface area contributed by atoms with E-state index >= 15 is 0 Å². The molecule has 0 N–H and O–H groups in total. The molecule has 0 aromatic carbocycles. The second-order valence-electron chi connectivity index (χ2n) is 3.68. The molecule has 2 aromatic rings. The van der Waals surface area contributed by atoms with Crippen LogP contribution in [0.4, 0.5) is 0 Å². The number of aryl methyl sites for hydroxylation is 1. The fourth-order valence-corrected chi connectivity index (χ4v) is 1.34. The first-order chi connectivity index (χ1) is 7.70. The standard InChI is InChI=1S/C11H11N3O2/c1-7(6-12)5-9-13-11(14-16-9)10-8(2)3-4-15-10/h3-4,7H,5H2,1-2H3. The Morgan fingerprint density at radius 2 is 2.38 bits per heavy atom. The van der Waals surface area contributed by atoms with Crippen LogP contribution in [0.1, 0.15) is 18.4 Å². The average Bonchev–Trinajstić information content (AvgIpc) is 2.86. The largest absolute Gasteiger partial charge is 0.461 e. The molecule has 82 valence electrons. The Morgan fingerprint density at radius 3 is 3.00 bits per heavy atom. The van der Waals surface area contributed by atoms with Gasteiger partial charge >= 0.3 is 0 Å². The van der Waals surface area contributed by atoms with E-state index in [0.29, 0.717) is 23.9 Å². The second-order valence-corrected chi connectivity index (χ2v) is 3.68. The summed E-state index contributed by atoms with van der Waals surface area (Å²) in [5, 5.41) is 12.5. The Morgan fingerprint density at radius 1 is 1.56 bits per heavy atom. The lowest BCUT2D eigenvalue weighted by molar-refractivity contribution is 0.368. The molecule has 2 heterocycles. The van der Waals surface area contributed by atoms with Crippen molar-refractivity contribution in [2.24, 2.45) is 5.92 Å². The van der Waals surface area contributed by atoms with E-state index in [-0.39, 0.29) is 5.92 Å². The third kappa shape index (κ3) is 1.96. The molecule has 1 unspecified atom stereocenters. The van der Waals surface area contributed by atoms with Crippen molar-refractivity contribution >= 4 is 0 Å². The molecule has 5 nitrogen and oxygen atoms in total. The highest BCUT2D eigenvalue weighted by Crippen LogP contribution is 2.21. The minimum atomic E-state index is -0.133. The zero-order chi connectivity index (χ0) is 11.5. The molecule has 0 aliphatic carbocycles. The van der Waals surface area contributed by atoms with E-state index in [4.69, 9.17) is 14.2 Å². The number of hydrogen-bond acceptors (Lipinski definition) is 5. The zero-order valence-electron chi connectivity index (χ0n) is 9.10. The van der Waals surface area contributed by atoms with Gasteiger partial charge in [0.1, 0.15) is 0 Å². The summed E-state index contributed by atoms with van der Waals surface area (Å²) >= 11 is 0. The third-order valence-electron chi connectivity index (χ3n) is 2.23. The van der Waals surface area contributed by atoms with Gasteiger partial charge in [0, 0.05) is 6.42 Å². The second kappa shape index (κ2) is 4.19. The van der Waals surface area contributed by atoms with Crippen LogP contribution in [0, 0.1) is 24.2 Å². The average molecular weight is 217 g/mol. The summed E-state index contributed by atoms with van der Waals surface area (Å²) in [4.78, 5) is 4.18. The minimum absolute atomic E-state index is 0.133. The zero-order valence-corrected chi connectivity index (χ0v) is 9.10. The van der Waals surface area contributed by atoms with Crippen LogP contribution in [-0.4, -0.2) is 10.1 Å².